The van der Waals surface area contributed by atoms with Crippen molar-refractivity contribution in [3.63, 3.8) is 0 Å². The summed E-state index contributed by atoms with van der Waals surface area (Å²) < 4.78 is 35.6. The highest BCUT2D eigenvalue weighted by Gasteiger charge is 2.50. The number of imidazole rings is 1. The zero-order chi connectivity index (χ0) is 23.3. The lowest BCUT2D eigenvalue weighted by molar-refractivity contribution is 0.193. The molecule has 2 aliphatic heterocycles. The number of anilines is 1. The number of ether oxygens (including phenoxy) is 1. The molecule has 2 aromatic carbocycles. The topological polar surface area (TPSA) is 87.9 Å². The Hall–Kier alpha value is -2.88. The van der Waals surface area contributed by atoms with Crippen molar-refractivity contribution in [2.75, 3.05) is 32.2 Å². The summed E-state index contributed by atoms with van der Waals surface area (Å²) in [5.41, 5.74) is 3.93. The van der Waals surface area contributed by atoms with E-state index in [1.165, 1.54) is 12.5 Å². The monoisotopic (exact) mass is 468 g/mol. The van der Waals surface area contributed by atoms with Crippen LogP contribution in [0.1, 0.15) is 18.0 Å². The normalized spacial score (nSPS) is 22.8. The number of rotatable bonds is 5. The lowest BCUT2D eigenvalue weighted by Crippen LogP contribution is -2.48. The Morgan fingerprint density at radius 3 is 2.48 bits per heavy atom. The molecule has 0 saturated carbocycles. The molecular formula is C24H28N4O4S. The number of hydrogen-bond acceptors (Lipinski definition) is 6. The largest absolute Gasteiger partial charge is 0.497 e. The maximum Gasteiger partial charge on any atom is 0.262 e. The number of methoxy groups -OCH3 is 1. The van der Waals surface area contributed by atoms with Crippen molar-refractivity contribution < 1.29 is 18.3 Å². The molecule has 33 heavy (non-hydrogen) atoms. The maximum absolute atomic E-state index is 13.6. The van der Waals surface area contributed by atoms with Crippen molar-refractivity contribution >= 4 is 15.7 Å². The molecule has 8 nitrogen and oxygen atoms in total. The fourth-order valence-corrected chi connectivity index (χ4v) is 6.92. The van der Waals surface area contributed by atoms with Gasteiger partial charge in [-0.05, 0) is 47.4 Å². The summed E-state index contributed by atoms with van der Waals surface area (Å²) in [5, 5.41) is 10.2. The maximum atomic E-state index is 13.6. The zero-order valence-electron chi connectivity index (χ0n) is 18.9. The van der Waals surface area contributed by atoms with Crippen LogP contribution in [0.2, 0.25) is 0 Å². The van der Waals surface area contributed by atoms with Crippen LogP contribution in [0.4, 0.5) is 5.69 Å². The van der Waals surface area contributed by atoms with Crippen LogP contribution in [-0.4, -0.2) is 60.7 Å². The molecule has 174 valence electrons. The summed E-state index contributed by atoms with van der Waals surface area (Å²) in [4.78, 5) is 6.21. The third-order valence-corrected chi connectivity index (χ3v) is 8.75. The standard InChI is InChI=1S/C24H28N4O4S/c1-26-13-23(25-15-26)33(30,31)28-11-10-19-22(14-29)27(2)21-9-6-17(12-20(21)24(19)28)16-4-7-18(32-3)8-5-16/h4-9,12-13,15,19,22,24,29H,10-11,14H2,1-3H3/t19-,22+,24-/m0/s1. The minimum atomic E-state index is -3.78. The fraction of sp³-hybridized carbons (Fsp3) is 0.375. The molecule has 0 radical (unpaired) electrons. The molecule has 0 bridgehead atoms. The molecule has 5 rings (SSSR count). The van der Waals surface area contributed by atoms with E-state index in [9.17, 15) is 13.5 Å². The molecule has 1 aromatic heterocycles. The molecule has 3 aromatic rings. The fourth-order valence-electron chi connectivity index (χ4n) is 5.29. The van der Waals surface area contributed by atoms with Crippen LogP contribution >= 0.6 is 0 Å². The first-order valence-corrected chi connectivity index (χ1v) is 12.4. The van der Waals surface area contributed by atoms with Gasteiger partial charge in [-0.15, -0.1) is 0 Å². The van der Waals surface area contributed by atoms with Crippen molar-refractivity contribution in [1.82, 2.24) is 13.9 Å². The first-order valence-electron chi connectivity index (χ1n) is 11.0. The molecule has 0 amide bonds. The minimum absolute atomic E-state index is 0.0166. The summed E-state index contributed by atoms with van der Waals surface area (Å²) in [5.74, 6) is 0.767. The number of fused-ring (bicyclic) bond motifs is 3. The van der Waals surface area contributed by atoms with E-state index in [2.05, 4.69) is 16.0 Å². The van der Waals surface area contributed by atoms with Crippen LogP contribution in [0.25, 0.3) is 11.1 Å². The number of hydrogen-bond donors (Lipinski definition) is 1. The number of aliphatic hydroxyl groups excluding tert-OH is 1. The van der Waals surface area contributed by atoms with Gasteiger partial charge >= 0.3 is 0 Å². The summed E-state index contributed by atoms with van der Waals surface area (Å²) in [6.07, 6.45) is 3.72. The molecular weight excluding hydrogens is 440 g/mol. The number of nitrogens with zero attached hydrogens (tertiary/aromatic N) is 4. The summed E-state index contributed by atoms with van der Waals surface area (Å²) in [7, 11) is 1.58. The zero-order valence-corrected chi connectivity index (χ0v) is 19.7. The van der Waals surface area contributed by atoms with Gasteiger partial charge in [0.05, 0.1) is 32.1 Å². The molecule has 1 saturated heterocycles. The van der Waals surface area contributed by atoms with E-state index in [4.69, 9.17) is 4.74 Å². The van der Waals surface area contributed by atoms with Gasteiger partial charge in [0.1, 0.15) is 5.75 Å². The summed E-state index contributed by atoms with van der Waals surface area (Å²) in [6, 6.07) is 13.5. The highest BCUT2D eigenvalue weighted by molar-refractivity contribution is 7.89. The highest BCUT2D eigenvalue weighted by Crippen LogP contribution is 2.50. The molecule has 3 atom stereocenters. The Kier molecular flexibility index (Phi) is 5.43. The summed E-state index contributed by atoms with van der Waals surface area (Å²) >= 11 is 0. The van der Waals surface area contributed by atoms with Gasteiger partial charge in [-0.2, -0.15) is 4.31 Å². The molecule has 0 spiro atoms. The minimum Gasteiger partial charge on any atom is -0.497 e. The molecule has 2 aliphatic rings. The van der Waals surface area contributed by atoms with E-state index in [-0.39, 0.29) is 29.6 Å². The van der Waals surface area contributed by atoms with E-state index in [1.807, 2.05) is 43.4 Å². The van der Waals surface area contributed by atoms with Crippen molar-refractivity contribution in [2.45, 2.75) is 23.5 Å². The Balaban J connectivity index is 1.62. The second kappa shape index (κ2) is 8.16. The van der Waals surface area contributed by atoms with Crippen molar-refractivity contribution in [3.8, 4) is 16.9 Å². The van der Waals surface area contributed by atoms with Crippen LogP contribution in [0, 0.1) is 5.92 Å². The Bertz CT molecular complexity index is 1270. The quantitative estimate of drug-likeness (QED) is 0.620. The van der Waals surface area contributed by atoms with Gasteiger partial charge in [-0.3, -0.25) is 0 Å². The molecule has 0 unspecified atom stereocenters. The van der Waals surface area contributed by atoms with Gasteiger partial charge in [-0.25, -0.2) is 13.4 Å². The van der Waals surface area contributed by atoms with Crippen molar-refractivity contribution in [3.05, 3.63) is 60.6 Å². The SMILES string of the molecule is COc1ccc(-c2ccc3c(c2)[C@@H]2[C@@H](CCN2S(=O)(=O)c2cn(C)cn2)[C@@H](CO)N3C)cc1. The van der Waals surface area contributed by atoms with Crippen LogP contribution in [0.15, 0.2) is 60.0 Å². The van der Waals surface area contributed by atoms with Crippen LogP contribution in [0.3, 0.4) is 0 Å². The molecule has 0 aliphatic carbocycles. The van der Waals surface area contributed by atoms with Gasteiger partial charge in [0, 0.05) is 38.4 Å². The second-order valence-corrected chi connectivity index (χ2v) is 10.6. The van der Waals surface area contributed by atoms with Gasteiger partial charge < -0.3 is 19.3 Å². The second-order valence-electron chi connectivity index (χ2n) is 8.75. The van der Waals surface area contributed by atoms with Gasteiger partial charge in [0.2, 0.25) is 0 Å². The third kappa shape index (κ3) is 3.51. The van der Waals surface area contributed by atoms with Crippen molar-refractivity contribution in [2.24, 2.45) is 13.0 Å². The van der Waals surface area contributed by atoms with E-state index >= 15 is 0 Å². The van der Waals surface area contributed by atoms with Gasteiger partial charge in [0.25, 0.3) is 10.0 Å². The van der Waals surface area contributed by atoms with Crippen LogP contribution < -0.4 is 9.64 Å². The first kappa shape index (κ1) is 21.9. The molecule has 3 heterocycles. The Labute approximate surface area is 194 Å². The van der Waals surface area contributed by atoms with Gasteiger partial charge in [-0.1, -0.05) is 18.2 Å². The predicted octanol–water partition coefficient (Wildman–Crippen LogP) is 2.66. The van der Waals surface area contributed by atoms with Gasteiger partial charge in [0.15, 0.2) is 5.03 Å². The molecule has 9 heteroatoms. The smallest absolute Gasteiger partial charge is 0.262 e. The van der Waals surface area contributed by atoms with Crippen LogP contribution in [-0.2, 0) is 17.1 Å². The number of sulfonamides is 1. The van der Waals surface area contributed by atoms with E-state index in [0.29, 0.717) is 13.0 Å². The van der Waals surface area contributed by atoms with Crippen molar-refractivity contribution in [1.29, 1.82) is 0 Å². The highest BCUT2D eigenvalue weighted by atomic mass is 32.2. The lowest BCUT2D eigenvalue weighted by atomic mass is 9.81. The lowest BCUT2D eigenvalue weighted by Gasteiger charge is -2.44. The average Bonchev–Trinajstić information content (AvgIpc) is 3.47. The van der Waals surface area contributed by atoms with E-state index in [0.717, 1.165) is 28.1 Å². The molecule has 1 N–H and O–H groups in total. The number of aromatic nitrogens is 2. The Morgan fingerprint density at radius 1 is 1.12 bits per heavy atom. The Morgan fingerprint density at radius 2 is 1.85 bits per heavy atom. The van der Waals surface area contributed by atoms with Crippen LogP contribution in [0.5, 0.6) is 5.75 Å². The molecule has 1 fully saturated rings. The third-order valence-electron chi connectivity index (χ3n) is 6.98. The predicted molar refractivity (Wildman–Crippen MR) is 126 cm³/mol. The number of benzene rings is 2. The summed E-state index contributed by atoms with van der Waals surface area (Å²) in [6.45, 7) is 0.361. The first-order chi connectivity index (χ1) is 15.8. The number of aliphatic hydroxyl groups is 1. The number of likely N-dealkylation sites (N-methyl/N-ethyl adjacent to an activating group) is 1. The van der Waals surface area contributed by atoms with E-state index < -0.39 is 10.0 Å². The number of aryl methyl sites for hydroxylation is 1. The van der Waals surface area contributed by atoms with E-state index in [1.54, 1.807) is 23.0 Å². The average molecular weight is 469 g/mol.